The van der Waals surface area contributed by atoms with Gasteiger partial charge in [-0.2, -0.15) is 0 Å². The van der Waals surface area contributed by atoms with E-state index >= 15 is 0 Å². The largest absolute Gasteiger partial charge is 0.489 e. The van der Waals surface area contributed by atoms with Gasteiger partial charge in [0.1, 0.15) is 17.9 Å². The Bertz CT molecular complexity index is 1240. The molecule has 1 aromatic heterocycles. The Kier molecular flexibility index (Phi) is 7.10. The summed E-state index contributed by atoms with van der Waals surface area (Å²) in [6.07, 6.45) is 2.76. The Morgan fingerprint density at radius 2 is 1.88 bits per heavy atom. The van der Waals surface area contributed by atoms with E-state index in [2.05, 4.69) is 37.3 Å². The molecule has 4 aromatic rings. The van der Waals surface area contributed by atoms with Crippen molar-refractivity contribution >= 4 is 16.9 Å². The molecule has 1 heterocycles. The number of esters is 1. The number of hydrogen-bond acceptors (Lipinski definition) is 5. The van der Waals surface area contributed by atoms with Crippen LogP contribution in [0.1, 0.15) is 43.0 Å². The third-order valence-corrected chi connectivity index (χ3v) is 5.68. The maximum absolute atomic E-state index is 12.0. The first-order valence-corrected chi connectivity index (χ1v) is 11.3. The first-order chi connectivity index (χ1) is 16.1. The molecule has 1 unspecified atom stereocenters. The molecule has 0 saturated heterocycles. The SMILES string of the molecule is CCOC(=O)Cc1ccccc1OCc1cc(-c2cccc(C(N)CC)c2)c2occc2c1. The van der Waals surface area contributed by atoms with Crippen molar-refractivity contribution in [1.82, 2.24) is 0 Å². The van der Waals surface area contributed by atoms with Gasteiger partial charge in [0, 0.05) is 22.6 Å². The van der Waals surface area contributed by atoms with Gasteiger partial charge in [0.15, 0.2) is 0 Å². The van der Waals surface area contributed by atoms with E-state index in [1.54, 1.807) is 13.2 Å². The van der Waals surface area contributed by atoms with Gasteiger partial charge < -0.3 is 19.6 Å². The standard InChI is InChI=1S/C28H29NO4/c1-3-25(29)21-10-7-9-20(16-21)24-15-19(14-23-12-13-32-28(23)24)18-33-26-11-6-5-8-22(26)17-27(30)31-4-2/h5-16,25H,3-4,17-18,29H2,1-2H3. The number of ether oxygens (including phenoxy) is 2. The van der Waals surface area contributed by atoms with Crippen molar-refractivity contribution in [1.29, 1.82) is 0 Å². The summed E-state index contributed by atoms with van der Waals surface area (Å²) in [6.45, 7) is 4.61. The maximum Gasteiger partial charge on any atom is 0.310 e. The third kappa shape index (κ3) is 5.26. The van der Waals surface area contributed by atoms with Gasteiger partial charge in [-0.25, -0.2) is 0 Å². The number of furan rings is 1. The van der Waals surface area contributed by atoms with Crippen molar-refractivity contribution in [3.05, 3.63) is 89.7 Å². The van der Waals surface area contributed by atoms with E-state index in [1.165, 1.54) is 0 Å². The summed E-state index contributed by atoms with van der Waals surface area (Å²) in [7, 11) is 0. The van der Waals surface area contributed by atoms with Crippen LogP contribution in [0.15, 0.2) is 77.4 Å². The molecule has 0 spiro atoms. The van der Waals surface area contributed by atoms with E-state index in [0.29, 0.717) is 19.0 Å². The molecule has 5 heteroatoms. The van der Waals surface area contributed by atoms with E-state index < -0.39 is 0 Å². The topological polar surface area (TPSA) is 74.7 Å². The Labute approximate surface area is 194 Å². The second-order valence-corrected chi connectivity index (χ2v) is 8.00. The number of rotatable bonds is 9. The lowest BCUT2D eigenvalue weighted by Crippen LogP contribution is -2.09. The molecule has 170 valence electrons. The van der Waals surface area contributed by atoms with Crippen LogP contribution in [0.25, 0.3) is 22.1 Å². The first-order valence-electron chi connectivity index (χ1n) is 11.3. The summed E-state index contributed by atoms with van der Waals surface area (Å²) in [6, 6.07) is 22.0. The predicted octanol–water partition coefficient (Wildman–Crippen LogP) is 6.19. The number of hydrogen-bond donors (Lipinski definition) is 1. The van der Waals surface area contributed by atoms with Gasteiger partial charge in [-0.05, 0) is 60.4 Å². The highest BCUT2D eigenvalue weighted by Crippen LogP contribution is 2.33. The number of carbonyl (C=O) groups excluding carboxylic acids is 1. The van der Waals surface area contributed by atoms with Crippen LogP contribution in [0.2, 0.25) is 0 Å². The summed E-state index contributed by atoms with van der Waals surface area (Å²) in [5.74, 6) is 0.413. The molecule has 0 aliphatic carbocycles. The van der Waals surface area contributed by atoms with Crippen LogP contribution in [0.4, 0.5) is 0 Å². The smallest absolute Gasteiger partial charge is 0.310 e. The minimum Gasteiger partial charge on any atom is -0.489 e. The fraction of sp³-hybridized carbons (Fsp3) is 0.250. The van der Waals surface area contributed by atoms with Crippen LogP contribution in [0.5, 0.6) is 5.75 Å². The van der Waals surface area contributed by atoms with Gasteiger partial charge in [0.25, 0.3) is 0 Å². The summed E-state index contributed by atoms with van der Waals surface area (Å²) in [4.78, 5) is 12.0. The van der Waals surface area contributed by atoms with E-state index in [1.807, 2.05) is 36.4 Å². The maximum atomic E-state index is 12.0. The summed E-state index contributed by atoms with van der Waals surface area (Å²) in [5.41, 5.74) is 12.1. The Balaban J connectivity index is 1.62. The van der Waals surface area contributed by atoms with Crippen molar-refractivity contribution < 1.29 is 18.7 Å². The van der Waals surface area contributed by atoms with Crippen molar-refractivity contribution in [3.63, 3.8) is 0 Å². The van der Waals surface area contributed by atoms with Gasteiger partial charge in [-0.3, -0.25) is 4.79 Å². The molecule has 1 atom stereocenters. The molecular formula is C28H29NO4. The average molecular weight is 444 g/mol. The van der Waals surface area contributed by atoms with E-state index in [9.17, 15) is 4.79 Å². The molecule has 0 saturated carbocycles. The molecule has 0 aliphatic heterocycles. The third-order valence-electron chi connectivity index (χ3n) is 5.68. The molecule has 0 radical (unpaired) electrons. The minimum atomic E-state index is -0.263. The highest BCUT2D eigenvalue weighted by atomic mass is 16.5. The molecule has 0 fully saturated rings. The molecule has 0 amide bonds. The number of para-hydroxylation sites is 1. The summed E-state index contributed by atoms with van der Waals surface area (Å²) in [5, 5.41) is 1.01. The quantitative estimate of drug-likeness (QED) is 0.312. The lowest BCUT2D eigenvalue weighted by molar-refractivity contribution is -0.142. The van der Waals surface area contributed by atoms with Crippen LogP contribution in [0, 0.1) is 0 Å². The number of fused-ring (bicyclic) bond motifs is 1. The highest BCUT2D eigenvalue weighted by Gasteiger charge is 2.14. The van der Waals surface area contributed by atoms with Crippen LogP contribution < -0.4 is 10.5 Å². The number of benzene rings is 3. The lowest BCUT2D eigenvalue weighted by Gasteiger charge is -2.14. The van der Waals surface area contributed by atoms with Gasteiger partial charge in [0.05, 0.1) is 19.3 Å². The predicted molar refractivity (Wildman–Crippen MR) is 130 cm³/mol. The first kappa shape index (κ1) is 22.6. The van der Waals surface area contributed by atoms with Crippen LogP contribution >= 0.6 is 0 Å². The van der Waals surface area contributed by atoms with E-state index in [-0.39, 0.29) is 18.4 Å². The summed E-state index contributed by atoms with van der Waals surface area (Å²) < 4.78 is 17.0. The van der Waals surface area contributed by atoms with Gasteiger partial charge in [-0.1, -0.05) is 43.3 Å². The van der Waals surface area contributed by atoms with Gasteiger partial charge in [0.2, 0.25) is 0 Å². The second kappa shape index (κ2) is 10.4. The van der Waals surface area contributed by atoms with Gasteiger partial charge in [-0.15, -0.1) is 0 Å². The fourth-order valence-electron chi connectivity index (χ4n) is 3.93. The lowest BCUT2D eigenvalue weighted by atomic mass is 9.96. The molecule has 5 nitrogen and oxygen atoms in total. The van der Waals surface area contributed by atoms with E-state index in [4.69, 9.17) is 19.6 Å². The van der Waals surface area contributed by atoms with Crippen molar-refractivity contribution in [3.8, 4) is 16.9 Å². The molecular weight excluding hydrogens is 414 g/mol. The zero-order chi connectivity index (χ0) is 23.2. The van der Waals surface area contributed by atoms with Crippen molar-refractivity contribution in [2.24, 2.45) is 5.73 Å². The normalized spacial score (nSPS) is 12.0. The average Bonchev–Trinajstić information content (AvgIpc) is 3.31. The number of carbonyl (C=O) groups is 1. The van der Waals surface area contributed by atoms with Crippen molar-refractivity contribution in [2.75, 3.05) is 6.61 Å². The zero-order valence-electron chi connectivity index (χ0n) is 19.0. The Hall–Kier alpha value is -3.57. The van der Waals surface area contributed by atoms with Gasteiger partial charge >= 0.3 is 5.97 Å². The Morgan fingerprint density at radius 1 is 1.03 bits per heavy atom. The number of nitrogens with two attached hydrogens (primary N) is 1. The highest BCUT2D eigenvalue weighted by molar-refractivity contribution is 5.93. The summed E-state index contributed by atoms with van der Waals surface area (Å²) >= 11 is 0. The van der Waals surface area contributed by atoms with Crippen LogP contribution in [-0.2, 0) is 22.6 Å². The monoisotopic (exact) mass is 443 g/mol. The van der Waals surface area contributed by atoms with Crippen molar-refractivity contribution in [2.45, 2.75) is 39.3 Å². The molecule has 2 N–H and O–H groups in total. The van der Waals surface area contributed by atoms with Crippen LogP contribution in [0.3, 0.4) is 0 Å². The van der Waals surface area contributed by atoms with Crippen LogP contribution in [-0.4, -0.2) is 12.6 Å². The fourth-order valence-corrected chi connectivity index (χ4v) is 3.93. The second-order valence-electron chi connectivity index (χ2n) is 8.00. The molecule has 3 aromatic carbocycles. The Morgan fingerprint density at radius 3 is 2.70 bits per heavy atom. The molecule has 4 rings (SSSR count). The molecule has 0 aliphatic rings. The molecule has 33 heavy (non-hydrogen) atoms. The van der Waals surface area contributed by atoms with E-state index in [0.717, 1.165) is 45.2 Å². The zero-order valence-corrected chi connectivity index (χ0v) is 19.0. The molecule has 0 bridgehead atoms. The minimum absolute atomic E-state index is 0.000502.